The molecule has 1 aliphatic rings. The summed E-state index contributed by atoms with van der Waals surface area (Å²) in [6.45, 7) is 15.1. The summed E-state index contributed by atoms with van der Waals surface area (Å²) in [6.07, 6.45) is 5.58. The number of allylic oxidation sites excluding steroid dienone is 1. The van der Waals surface area contributed by atoms with Crippen molar-refractivity contribution in [1.29, 1.82) is 0 Å². The number of hydrogen-bond donors (Lipinski definition) is 2. The number of amidine groups is 1. The van der Waals surface area contributed by atoms with Gasteiger partial charge in [-0.2, -0.15) is 0 Å². The minimum absolute atomic E-state index is 0.406. The lowest BCUT2D eigenvalue weighted by Gasteiger charge is -2.44. The summed E-state index contributed by atoms with van der Waals surface area (Å²) in [5.74, 6) is 2.05. The molecule has 0 spiro atoms. The van der Waals surface area contributed by atoms with Gasteiger partial charge in [-0.3, -0.25) is 0 Å². The first-order valence-corrected chi connectivity index (χ1v) is 11.1. The van der Waals surface area contributed by atoms with E-state index in [1.165, 1.54) is 31.0 Å². The molecule has 4 N–H and O–H groups in total. The van der Waals surface area contributed by atoms with Gasteiger partial charge in [-0.05, 0) is 49.3 Å². The first-order valence-electron chi connectivity index (χ1n) is 9.88. The Morgan fingerprint density at radius 1 is 1.43 bits per heavy atom. The molecule has 0 aromatic heterocycles. The van der Waals surface area contributed by atoms with E-state index in [0.29, 0.717) is 26.9 Å². The Bertz CT molecular complexity index is 764. The van der Waals surface area contributed by atoms with Crippen molar-refractivity contribution >= 4 is 34.9 Å². The zero-order valence-electron chi connectivity index (χ0n) is 17.5. The standard InChI is InChI=1S/C22H33ClN4S/c1-6-15(3)22(5)11-13-27(14-12-22)19(7-2)26-21(25)16(4)28-18-10-8-9-17(24)20(18)23/h7-10,15H,4,6,11-14,24H2,1-3,5H3,(H2,25,26)/b19-7+. The molecule has 1 aromatic carbocycles. The van der Waals surface area contributed by atoms with Crippen LogP contribution in [0.4, 0.5) is 5.69 Å². The minimum Gasteiger partial charge on any atom is -0.397 e. The number of rotatable bonds is 7. The Morgan fingerprint density at radius 3 is 2.64 bits per heavy atom. The summed E-state index contributed by atoms with van der Waals surface area (Å²) in [5.41, 5.74) is 13.1. The van der Waals surface area contributed by atoms with Gasteiger partial charge in [0.05, 0.1) is 10.7 Å². The average molecular weight is 421 g/mol. The predicted molar refractivity (Wildman–Crippen MR) is 125 cm³/mol. The molecule has 1 heterocycles. The number of piperidine rings is 1. The first-order chi connectivity index (χ1) is 13.2. The highest BCUT2D eigenvalue weighted by molar-refractivity contribution is 8.04. The van der Waals surface area contributed by atoms with Crippen LogP contribution in [0, 0.1) is 11.3 Å². The molecule has 0 radical (unpaired) electrons. The zero-order chi connectivity index (χ0) is 20.9. The molecule has 0 saturated carbocycles. The van der Waals surface area contributed by atoms with Crippen molar-refractivity contribution in [2.45, 2.75) is 51.9 Å². The molecule has 1 atom stereocenters. The van der Waals surface area contributed by atoms with Crippen LogP contribution in [0.1, 0.15) is 47.0 Å². The van der Waals surface area contributed by atoms with Crippen molar-refractivity contribution in [3.63, 3.8) is 0 Å². The highest BCUT2D eigenvalue weighted by Gasteiger charge is 2.34. The van der Waals surface area contributed by atoms with E-state index >= 15 is 0 Å². The van der Waals surface area contributed by atoms with Gasteiger partial charge in [0, 0.05) is 22.9 Å². The van der Waals surface area contributed by atoms with Crippen LogP contribution >= 0.6 is 23.4 Å². The molecule has 1 aliphatic heterocycles. The third-order valence-electron chi connectivity index (χ3n) is 6.04. The second-order valence-corrected chi connectivity index (χ2v) is 9.29. The molecule has 1 fully saturated rings. The van der Waals surface area contributed by atoms with Gasteiger partial charge in [-0.15, -0.1) is 0 Å². The van der Waals surface area contributed by atoms with Gasteiger partial charge < -0.3 is 16.4 Å². The Balaban J connectivity index is 2.06. The third-order valence-corrected chi connectivity index (χ3v) is 7.59. The van der Waals surface area contributed by atoms with Crippen LogP contribution in [0.15, 0.2) is 51.5 Å². The monoisotopic (exact) mass is 420 g/mol. The molecule has 28 heavy (non-hydrogen) atoms. The van der Waals surface area contributed by atoms with E-state index in [9.17, 15) is 0 Å². The maximum Gasteiger partial charge on any atom is 0.139 e. The maximum absolute atomic E-state index is 6.27. The largest absolute Gasteiger partial charge is 0.397 e. The summed E-state index contributed by atoms with van der Waals surface area (Å²) in [6, 6.07) is 5.54. The number of nitrogens with zero attached hydrogens (tertiary/aromatic N) is 2. The van der Waals surface area contributed by atoms with Gasteiger partial charge in [0.2, 0.25) is 0 Å². The zero-order valence-corrected chi connectivity index (χ0v) is 19.0. The number of halogens is 1. The van der Waals surface area contributed by atoms with Gasteiger partial charge >= 0.3 is 0 Å². The normalized spacial score (nSPS) is 18.8. The van der Waals surface area contributed by atoms with Crippen LogP contribution in [-0.4, -0.2) is 23.8 Å². The Kier molecular flexibility index (Phi) is 7.90. The summed E-state index contributed by atoms with van der Waals surface area (Å²) < 4.78 is 0. The minimum atomic E-state index is 0.406. The number of hydrogen-bond acceptors (Lipinski definition) is 4. The number of nitrogens with two attached hydrogens (primary N) is 2. The molecule has 0 bridgehead atoms. The fourth-order valence-electron chi connectivity index (χ4n) is 3.53. The molecule has 2 rings (SSSR count). The van der Waals surface area contributed by atoms with Crippen molar-refractivity contribution in [2.75, 3.05) is 18.8 Å². The molecule has 0 aliphatic carbocycles. The molecule has 1 unspecified atom stereocenters. The molecule has 154 valence electrons. The van der Waals surface area contributed by atoms with Crippen LogP contribution in [-0.2, 0) is 0 Å². The molecule has 4 nitrogen and oxygen atoms in total. The lowest BCUT2D eigenvalue weighted by atomic mass is 9.70. The van der Waals surface area contributed by atoms with E-state index < -0.39 is 0 Å². The van der Waals surface area contributed by atoms with E-state index in [0.717, 1.165) is 29.7 Å². The second-order valence-electron chi connectivity index (χ2n) is 7.78. The molecular weight excluding hydrogens is 388 g/mol. The molecule has 1 saturated heterocycles. The number of likely N-dealkylation sites (tertiary alicyclic amines) is 1. The van der Waals surface area contributed by atoms with Crippen LogP contribution in [0.5, 0.6) is 0 Å². The van der Waals surface area contributed by atoms with E-state index in [1.54, 1.807) is 6.07 Å². The molecule has 6 heteroatoms. The molecular formula is C22H33ClN4S. The van der Waals surface area contributed by atoms with Crippen molar-refractivity contribution in [1.82, 2.24) is 4.90 Å². The number of nitrogen functional groups attached to an aromatic ring is 1. The summed E-state index contributed by atoms with van der Waals surface area (Å²) in [7, 11) is 0. The van der Waals surface area contributed by atoms with E-state index in [2.05, 4.69) is 37.2 Å². The van der Waals surface area contributed by atoms with Gasteiger partial charge in [0.15, 0.2) is 0 Å². The lowest BCUT2D eigenvalue weighted by Crippen LogP contribution is -2.41. The van der Waals surface area contributed by atoms with Crippen molar-refractivity contribution < 1.29 is 0 Å². The van der Waals surface area contributed by atoms with Crippen LogP contribution in [0.2, 0.25) is 5.02 Å². The third kappa shape index (κ3) is 5.26. The number of thioether (sulfide) groups is 1. The van der Waals surface area contributed by atoms with E-state index in [4.69, 9.17) is 23.1 Å². The van der Waals surface area contributed by atoms with E-state index in [-0.39, 0.29) is 0 Å². The van der Waals surface area contributed by atoms with E-state index in [1.807, 2.05) is 25.1 Å². The topological polar surface area (TPSA) is 67.6 Å². The van der Waals surface area contributed by atoms with Crippen LogP contribution in [0.3, 0.4) is 0 Å². The molecule has 0 amide bonds. The summed E-state index contributed by atoms with van der Waals surface area (Å²) >= 11 is 7.66. The highest BCUT2D eigenvalue weighted by Crippen LogP contribution is 2.41. The second kappa shape index (κ2) is 9.75. The SMILES string of the molecule is C=C(Sc1cccc(N)c1Cl)/C(N)=N\C(=C/C)N1CCC(C)(C(C)CC)CC1. The van der Waals surface area contributed by atoms with Crippen molar-refractivity contribution in [2.24, 2.45) is 22.1 Å². The highest BCUT2D eigenvalue weighted by atomic mass is 35.5. The van der Waals surface area contributed by atoms with Crippen LogP contribution < -0.4 is 11.5 Å². The van der Waals surface area contributed by atoms with Crippen LogP contribution in [0.25, 0.3) is 0 Å². The average Bonchev–Trinajstić information content (AvgIpc) is 2.69. The van der Waals surface area contributed by atoms with Gasteiger partial charge in [0.1, 0.15) is 11.7 Å². The predicted octanol–water partition coefficient (Wildman–Crippen LogP) is 5.89. The quantitative estimate of drug-likeness (QED) is 0.249. The fraction of sp³-hybridized carbons (Fsp3) is 0.500. The smallest absolute Gasteiger partial charge is 0.139 e. The summed E-state index contributed by atoms with van der Waals surface area (Å²) in [5, 5.41) is 0.521. The Morgan fingerprint density at radius 2 is 2.07 bits per heavy atom. The fourth-order valence-corrected chi connectivity index (χ4v) is 4.54. The number of anilines is 1. The van der Waals surface area contributed by atoms with Crippen molar-refractivity contribution in [3.05, 3.63) is 46.6 Å². The van der Waals surface area contributed by atoms with Crippen molar-refractivity contribution in [3.8, 4) is 0 Å². The van der Waals surface area contributed by atoms with Gasteiger partial charge in [0.25, 0.3) is 0 Å². The summed E-state index contributed by atoms with van der Waals surface area (Å²) in [4.78, 5) is 8.48. The maximum atomic E-state index is 6.27. The van der Waals surface area contributed by atoms with Gasteiger partial charge in [-0.1, -0.05) is 63.2 Å². The van der Waals surface area contributed by atoms with Gasteiger partial charge in [-0.25, -0.2) is 4.99 Å². The molecule has 1 aromatic rings. The lowest BCUT2D eigenvalue weighted by molar-refractivity contribution is 0.0853. The number of aliphatic imine (C=N–C) groups is 1. The first kappa shape index (κ1) is 22.7. The Labute approximate surface area is 179 Å². The number of benzene rings is 1. The Hall–Kier alpha value is -1.59.